The van der Waals surface area contributed by atoms with Gasteiger partial charge >= 0.3 is 5.97 Å². The minimum absolute atomic E-state index is 0.0737. The molecule has 2 rings (SSSR count). The summed E-state index contributed by atoms with van der Waals surface area (Å²) in [6.07, 6.45) is -3.31. The van der Waals surface area contributed by atoms with Crippen LogP contribution in [-0.4, -0.2) is 54.8 Å². The van der Waals surface area contributed by atoms with E-state index in [2.05, 4.69) is 0 Å². The van der Waals surface area contributed by atoms with Crippen LogP contribution in [-0.2, 0) is 19.6 Å². The molecule has 1 aliphatic rings. The van der Waals surface area contributed by atoms with Crippen LogP contribution in [0.5, 0.6) is 0 Å². The zero-order chi connectivity index (χ0) is 17.9. The lowest BCUT2D eigenvalue weighted by Gasteiger charge is -2.24. The van der Waals surface area contributed by atoms with E-state index in [-0.39, 0.29) is 17.2 Å². The van der Waals surface area contributed by atoms with Gasteiger partial charge in [0.25, 0.3) is 10.0 Å². The van der Waals surface area contributed by atoms with Crippen LogP contribution in [0.1, 0.15) is 19.3 Å². The fraction of sp³-hybridized carbons (Fsp3) is 0.538. The number of thiophene rings is 1. The Morgan fingerprint density at radius 2 is 2.17 bits per heavy atom. The molecule has 0 bridgehead atoms. The minimum atomic E-state index is -3.87. The monoisotopic (exact) mass is 382 g/mol. The lowest BCUT2D eigenvalue weighted by Crippen LogP contribution is -2.51. The lowest BCUT2D eigenvalue weighted by atomic mass is 10.1. The predicted molar refractivity (Wildman–Crippen MR) is 81.4 cm³/mol. The van der Waals surface area contributed by atoms with E-state index in [4.69, 9.17) is 5.11 Å². The molecule has 0 radical (unpaired) electrons. The van der Waals surface area contributed by atoms with E-state index < -0.39 is 46.8 Å². The normalized spacial score (nSPS) is 20.2. The second kappa shape index (κ2) is 7.53. The molecular formula is C13H16F2N2O5S2. The first-order valence-electron chi connectivity index (χ1n) is 7.10. The summed E-state index contributed by atoms with van der Waals surface area (Å²) >= 11 is 1.00. The van der Waals surface area contributed by atoms with Crippen molar-refractivity contribution in [2.24, 2.45) is 0 Å². The van der Waals surface area contributed by atoms with Crippen molar-refractivity contribution >= 4 is 33.2 Å². The third kappa shape index (κ3) is 4.08. The molecule has 2 atom stereocenters. The van der Waals surface area contributed by atoms with Crippen molar-refractivity contribution in [1.29, 1.82) is 0 Å². The van der Waals surface area contributed by atoms with Crippen molar-refractivity contribution in [2.75, 3.05) is 6.54 Å². The van der Waals surface area contributed by atoms with Crippen LogP contribution in [0.3, 0.4) is 0 Å². The number of alkyl halides is 2. The summed E-state index contributed by atoms with van der Waals surface area (Å²) in [6.45, 7) is 0.116. The van der Waals surface area contributed by atoms with Gasteiger partial charge in [-0.1, -0.05) is 6.07 Å². The maximum absolute atomic E-state index is 12.5. The third-order valence-electron chi connectivity index (χ3n) is 3.59. The number of nitrogens with zero attached hydrogens (tertiary/aromatic N) is 1. The van der Waals surface area contributed by atoms with E-state index in [0.717, 1.165) is 15.6 Å². The second-order valence-corrected chi connectivity index (χ2v) is 8.30. The van der Waals surface area contributed by atoms with Gasteiger partial charge in [-0.15, -0.1) is 11.3 Å². The topological polar surface area (TPSA) is 104 Å². The van der Waals surface area contributed by atoms with Crippen LogP contribution in [0.2, 0.25) is 0 Å². The highest BCUT2D eigenvalue weighted by molar-refractivity contribution is 7.91. The Morgan fingerprint density at radius 1 is 1.46 bits per heavy atom. The maximum Gasteiger partial charge on any atom is 0.326 e. The van der Waals surface area contributed by atoms with E-state index in [1.54, 1.807) is 11.4 Å². The first-order chi connectivity index (χ1) is 11.2. The third-order valence-corrected chi connectivity index (χ3v) is 6.87. The molecule has 1 aromatic rings. The summed E-state index contributed by atoms with van der Waals surface area (Å²) in [4.78, 5) is 23.2. The molecule has 1 aromatic heterocycles. The molecule has 134 valence electrons. The Balaban J connectivity index is 2.15. The highest BCUT2D eigenvalue weighted by Gasteiger charge is 2.41. The van der Waals surface area contributed by atoms with Crippen molar-refractivity contribution in [3.8, 4) is 0 Å². The Hall–Kier alpha value is -1.59. The van der Waals surface area contributed by atoms with Crippen LogP contribution in [0, 0.1) is 0 Å². The highest BCUT2D eigenvalue weighted by atomic mass is 32.2. The number of aliphatic carboxylic acids is 1. The van der Waals surface area contributed by atoms with Gasteiger partial charge in [0, 0.05) is 13.0 Å². The van der Waals surface area contributed by atoms with E-state index in [9.17, 15) is 26.8 Å². The largest absolute Gasteiger partial charge is 0.480 e. The minimum Gasteiger partial charge on any atom is -0.480 e. The molecule has 0 aliphatic carbocycles. The first-order valence-corrected chi connectivity index (χ1v) is 9.42. The highest BCUT2D eigenvalue weighted by Crippen LogP contribution is 2.28. The van der Waals surface area contributed by atoms with E-state index in [0.29, 0.717) is 6.42 Å². The average Bonchev–Trinajstić information content (AvgIpc) is 3.17. The molecule has 1 fully saturated rings. The number of hydrogen-bond donors (Lipinski definition) is 2. The van der Waals surface area contributed by atoms with Gasteiger partial charge in [0.2, 0.25) is 12.3 Å². The van der Waals surface area contributed by atoms with Gasteiger partial charge in [-0.05, 0) is 24.3 Å². The standard InChI is InChI=1S/C13H16F2N2O5S2/c14-10(15)7-8(13(19)20)16-12(18)9-3-1-5-17(9)24(21,22)11-4-2-6-23-11/h2,4,6,8-10H,1,3,5,7H2,(H,16,18)(H,19,20). The number of sulfonamides is 1. The fourth-order valence-corrected chi connectivity index (χ4v) is 5.26. The molecular weight excluding hydrogens is 366 g/mol. The SMILES string of the molecule is O=C(O)C(CC(F)F)NC(=O)C1CCCN1S(=O)(=O)c1cccs1. The predicted octanol–water partition coefficient (Wildman–Crippen LogP) is 1.13. The summed E-state index contributed by atoms with van der Waals surface area (Å²) in [5.41, 5.74) is 0. The number of nitrogens with one attached hydrogen (secondary N) is 1. The summed E-state index contributed by atoms with van der Waals surface area (Å²) in [7, 11) is -3.87. The van der Waals surface area contributed by atoms with Gasteiger partial charge < -0.3 is 10.4 Å². The van der Waals surface area contributed by atoms with Gasteiger partial charge in [0.1, 0.15) is 16.3 Å². The number of carbonyl (C=O) groups excluding carboxylic acids is 1. The van der Waals surface area contributed by atoms with Crippen molar-refractivity contribution < 1.29 is 31.9 Å². The summed E-state index contributed by atoms with van der Waals surface area (Å²) in [5.74, 6) is -2.46. The fourth-order valence-electron chi connectivity index (χ4n) is 2.48. The molecule has 1 saturated heterocycles. The molecule has 7 nitrogen and oxygen atoms in total. The van der Waals surface area contributed by atoms with Gasteiger partial charge in [-0.3, -0.25) is 4.79 Å². The molecule has 2 N–H and O–H groups in total. The van der Waals surface area contributed by atoms with Gasteiger partial charge in [-0.2, -0.15) is 4.31 Å². The Morgan fingerprint density at radius 3 is 2.71 bits per heavy atom. The number of carboxylic acid groups (broad SMARTS) is 1. The number of rotatable bonds is 7. The maximum atomic E-state index is 12.5. The molecule has 1 aliphatic heterocycles. The van der Waals surface area contributed by atoms with Crippen LogP contribution >= 0.6 is 11.3 Å². The van der Waals surface area contributed by atoms with Crippen LogP contribution in [0.25, 0.3) is 0 Å². The molecule has 2 heterocycles. The molecule has 11 heteroatoms. The summed E-state index contributed by atoms with van der Waals surface area (Å²) < 4.78 is 50.9. The number of hydrogen-bond acceptors (Lipinski definition) is 5. The van der Waals surface area contributed by atoms with Crippen molar-refractivity contribution in [3.63, 3.8) is 0 Å². The quantitative estimate of drug-likeness (QED) is 0.736. The van der Waals surface area contributed by atoms with E-state index in [1.807, 2.05) is 5.32 Å². The van der Waals surface area contributed by atoms with Crippen molar-refractivity contribution in [2.45, 2.75) is 42.0 Å². The van der Waals surface area contributed by atoms with Crippen molar-refractivity contribution in [1.82, 2.24) is 9.62 Å². The molecule has 0 spiro atoms. The van der Waals surface area contributed by atoms with Gasteiger partial charge in [-0.25, -0.2) is 22.0 Å². The Labute approximate surface area is 141 Å². The molecule has 1 amide bonds. The number of carboxylic acids is 1. The molecule has 24 heavy (non-hydrogen) atoms. The summed E-state index contributed by atoms with van der Waals surface area (Å²) in [5, 5.41) is 12.5. The van der Waals surface area contributed by atoms with Crippen LogP contribution in [0.15, 0.2) is 21.7 Å². The molecule has 2 unspecified atom stereocenters. The number of carbonyl (C=O) groups is 2. The molecule has 0 aromatic carbocycles. The van der Waals surface area contributed by atoms with Gasteiger partial charge in [0.15, 0.2) is 0 Å². The molecule has 0 saturated carbocycles. The van der Waals surface area contributed by atoms with Crippen LogP contribution in [0.4, 0.5) is 8.78 Å². The zero-order valence-electron chi connectivity index (χ0n) is 12.4. The van der Waals surface area contributed by atoms with Crippen molar-refractivity contribution in [3.05, 3.63) is 17.5 Å². The van der Waals surface area contributed by atoms with Gasteiger partial charge in [0.05, 0.1) is 0 Å². The smallest absolute Gasteiger partial charge is 0.326 e. The van der Waals surface area contributed by atoms with Crippen LogP contribution < -0.4 is 5.32 Å². The lowest BCUT2D eigenvalue weighted by molar-refractivity contribution is -0.143. The average molecular weight is 382 g/mol. The first kappa shape index (κ1) is 18.7. The number of amides is 1. The Kier molecular flexibility index (Phi) is 5.88. The van der Waals surface area contributed by atoms with E-state index >= 15 is 0 Å². The zero-order valence-corrected chi connectivity index (χ0v) is 14.0. The second-order valence-electron chi connectivity index (χ2n) is 5.23. The Bertz CT molecular complexity index is 693. The van der Waals surface area contributed by atoms with E-state index in [1.165, 1.54) is 6.07 Å². The number of halogens is 2. The summed E-state index contributed by atoms with van der Waals surface area (Å²) in [6, 6.07) is 0.108.